The first-order valence-electron chi connectivity index (χ1n) is 8.99. The molecule has 2 N–H and O–H groups in total. The van der Waals surface area contributed by atoms with Gasteiger partial charge in [-0.05, 0) is 13.0 Å². The molecular weight excluding hydrogens is 410 g/mol. The molecule has 0 fully saturated rings. The predicted octanol–water partition coefficient (Wildman–Crippen LogP) is 3.18. The van der Waals surface area contributed by atoms with Gasteiger partial charge in [-0.2, -0.15) is 4.98 Å². The maximum Gasteiger partial charge on any atom is 0.332 e. The SMILES string of the molecule is C/C(Cl)=C/Cn1c(N=Nc2c(O)[nH]c3ccccc23)nc2c1c(=O)n(C)c(=O)n2C. The van der Waals surface area contributed by atoms with Gasteiger partial charge in [0, 0.05) is 31.1 Å². The first kappa shape index (κ1) is 19.6. The normalized spacial score (nSPS) is 12.6. The molecule has 0 aliphatic carbocycles. The van der Waals surface area contributed by atoms with Crippen molar-refractivity contribution in [2.75, 3.05) is 0 Å². The molecule has 0 amide bonds. The predicted molar refractivity (Wildman–Crippen MR) is 114 cm³/mol. The van der Waals surface area contributed by atoms with Crippen LogP contribution in [-0.2, 0) is 20.6 Å². The molecule has 1 aromatic carbocycles. The fourth-order valence-corrected chi connectivity index (χ4v) is 3.28. The number of azo groups is 1. The van der Waals surface area contributed by atoms with Gasteiger partial charge in [0.25, 0.3) is 11.5 Å². The molecule has 154 valence electrons. The van der Waals surface area contributed by atoms with Gasteiger partial charge in [0.15, 0.2) is 16.9 Å². The van der Waals surface area contributed by atoms with Crippen LogP contribution >= 0.6 is 11.6 Å². The Balaban J connectivity index is 1.96. The van der Waals surface area contributed by atoms with Gasteiger partial charge in [-0.3, -0.25) is 18.5 Å². The van der Waals surface area contributed by atoms with E-state index >= 15 is 0 Å². The lowest BCUT2D eigenvalue weighted by Crippen LogP contribution is -2.37. The number of hydrogen-bond acceptors (Lipinski definition) is 6. The summed E-state index contributed by atoms with van der Waals surface area (Å²) in [7, 11) is 2.92. The summed E-state index contributed by atoms with van der Waals surface area (Å²) in [6.07, 6.45) is 1.69. The molecule has 3 heterocycles. The van der Waals surface area contributed by atoms with Crippen LogP contribution in [0.4, 0.5) is 11.6 Å². The van der Waals surface area contributed by atoms with Crippen molar-refractivity contribution in [2.24, 2.45) is 24.3 Å². The number of benzene rings is 1. The number of aromatic hydroxyl groups is 1. The number of aromatic nitrogens is 5. The lowest BCUT2D eigenvalue weighted by atomic mass is 10.2. The second-order valence-electron chi connectivity index (χ2n) is 6.76. The molecule has 4 aromatic rings. The van der Waals surface area contributed by atoms with Crippen LogP contribution in [-0.4, -0.2) is 28.8 Å². The van der Waals surface area contributed by atoms with E-state index in [0.29, 0.717) is 15.9 Å². The highest BCUT2D eigenvalue weighted by molar-refractivity contribution is 6.29. The number of nitrogens with one attached hydrogen (secondary N) is 1. The number of fused-ring (bicyclic) bond motifs is 2. The van der Waals surface area contributed by atoms with Gasteiger partial charge in [-0.15, -0.1) is 10.2 Å². The Morgan fingerprint density at radius 3 is 2.70 bits per heavy atom. The Bertz CT molecular complexity index is 1470. The van der Waals surface area contributed by atoms with E-state index < -0.39 is 11.2 Å². The molecule has 0 saturated carbocycles. The zero-order valence-corrected chi connectivity index (χ0v) is 17.2. The highest BCUT2D eigenvalue weighted by atomic mass is 35.5. The first-order valence-corrected chi connectivity index (χ1v) is 9.37. The maximum absolute atomic E-state index is 12.8. The highest BCUT2D eigenvalue weighted by Crippen LogP contribution is 2.36. The number of hydrogen-bond donors (Lipinski definition) is 2. The molecule has 4 rings (SSSR count). The summed E-state index contributed by atoms with van der Waals surface area (Å²) in [4.78, 5) is 32.2. The zero-order chi connectivity index (χ0) is 21.6. The van der Waals surface area contributed by atoms with Crippen molar-refractivity contribution >= 4 is 45.3 Å². The summed E-state index contributed by atoms with van der Waals surface area (Å²) < 4.78 is 3.80. The molecule has 10 nitrogen and oxygen atoms in total. The minimum absolute atomic E-state index is 0.0992. The molecule has 0 radical (unpaired) electrons. The number of rotatable bonds is 4. The van der Waals surface area contributed by atoms with Crippen LogP contribution in [0.1, 0.15) is 6.92 Å². The summed E-state index contributed by atoms with van der Waals surface area (Å²) >= 11 is 5.97. The molecule has 0 atom stereocenters. The Labute approximate surface area is 174 Å². The van der Waals surface area contributed by atoms with E-state index in [1.54, 1.807) is 25.1 Å². The third-order valence-corrected chi connectivity index (χ3v) is 4.94. The van der Waals surface area contributed by atoms with Crippen LogP contribution in [0, 0.1) is 0 Å². The van der Waals surface area contributed by atoms with Crippen LogP contribution in [0.25, 0.3) is 22.1 Å². The number of nitrogens with zero attached hydrogens (tertiary/aromatic N) is 6. The van der Waals surface area contributed by atoms with Gasteiger partial charge in [0.1, 0.15) is 0 Å². The molecule has 0 aliphatic rings. The summed E-state index contributed by atoms with van der Waals surface area (Å²) in [6, 6.07) is 7.24. The summed E-state index contributed by atoms with van der Waals surface area (Å²) in [5, 5.41) is 19.7. The van der Waals surface area contributed by atoms with E-state index in [2.05, 4.69) is 20.2 Å². The number of H-pyrrole nitrogens is 1. The summed E-state index contributed by atoms with van der Waals surface area (Å²) in [5.74, 6) is -0.0374. The van der Waals surface area contributed by atoms with Gasteiger partial charge >= 0.3 is 5.69 Å². The number of imidazole rings is 1. The van der Waals surface area contributed by atoms with Crippen LogP contribution < -0.4 is 11.2 Å². The third kappa shape index (κ3) is 3.11. The van der Waals surface area contributed by atoms with Gasteiger partial charge in [0.05, 0.1) is 5.52 Å². The van der Waals surface area contributed by atoms with E-state index in [9.17, 15) is 14.7 Å². The monoisotopic (exact) mass is 427 g/mol. The Morgan fingerprint density at radius 2 is 1.97 bits per heavy atom. The molecule has 0 aliphatic heterocycles. The topological polar surface area (TPSA) is 123 Å². The van der Waals surface area contributed by atoms with Crippen LogP contribution in [0.2, 0.25) is 0 Å². The lowest BCUT2D eigenvalue weighted by Gasteiger charge is -2.05. The molecule has 0 saturated heterocycles. The van der Waals surface area contributed by atoms with E-state index in [1.165, 1.54) is 23.2 Å². The molecule has 0 spiro atoms. The van der Waals surface area contributed by atoms with Crippen LogP contribution in [0.15, 0.2) is 55.2 Å². The van der Waals surface area contributed by atoms with Gasteiger partial charge in [0.2, 0.25) is 5.88 Å². The first-order chi connectivity index (χ1) is 14.3. The molecule has 0 bridgehead atoms. The Hall–Kier alpha value is -3.66. The maximum atomic E-state index is 12.8. The van der Waals surface area contributed by atoms with E-state index in [1.807, 2.05) is 12.1 Å². The van der Waals surface area contributed by atoms with Gasteiger partial charge < -0.3 is 10.1 Å². The minimum atomic E-state index is -0.502. The van der Waals surface area contributed by atoms with Gasteiger partial charge in [-0.25, -0.2) is 4.79 Å². The fraction of sp³-hybridized carbons (Fsp3) is 0.211. The molecule has 3 aromatic heterocycles. The summed E-state index contributed by atoms with van der Waals surface area (Å²) in [5.41, 5.74) is 0.327. The van der Waals surface area contributed by atoms with Crippen molar-refractivity contribution in [1.82, 2.24) is 23.7 Å². The van der Waals surface area contributed by atoms with Crippen molar-refractivity contribution < 1.29 is 5.11 Å². The largest absolute Gasteiger partial charge is 0.493 e. The number of para-hydroxylation sites is 1. The van der Waals surface area contributed by atoms with Gasteiger partial charge in [-0.1, -0.05) is 35.9 Å². The highest BCUT2D eigenvalue weighted by Gasteiger charge is 2.19. The second-order valence-corrected chi connectivity index (χ2v) is 7.36. The van der Waals surface area contributed by atoms with Crippen molar-refractivity contribution in [2.45, 2.75) is 13.5 Å². The van der Waals surface area contributed by atoms with E-state index in [4.69, 9.17) is 11.6 Å². The van der Waals surface area contributed by atoms with Crippen molar-refractivity contribution in [3.63, 3.8) is 0 Å². The van der Waals surface area contributed by atoms with Crippen LogP contribution in [0.3, 0.4) is 0 Å². The summed E-state index contributed by atoms with van der Waals surface area (Å²) in [6.45, 7) is 1.91. The Kier molecular flexibility index (Phi) is 4.78. The number of aromatic amines is 1. The molecule has 30 heavy (non-hydrogen) atoms. The number of halogens is 1. The van der Waals surface area contributed by atoms with Crippen molar-refractivity contribution in [3.8, 4) is 5.88 Å². The van der Waals surface area contributed by atoms with Crippen LogP contribution in [0.5, 0.6) is 5.88 Å². The van der Waals surface area contributed by atoms with E-state index in [0.717, 1.165) is 4.57 Å². The minimum Gasteiger partial charge on any atom is -0.493 e. The average molecular weight is 428 g/mol. The third-order valence-electron chi connectivity index (χ3n) is 4.78. The second kappa shape index (κ2) is 7.30. The number of aryl methyl sites for hydroxylation is 1. The smallest absolute Gasteiger partial charge is 0.332 e. The van der Waals surface area contributed by atoms with Crippen molar-refractivity contribution in [1.29, 1.82) is 0 Å². The zero-order valence-electron chi connectivity index (χ0n) is 16.4. The molecule has 0 unspecified atom stereocenters. The molecule has 11 heteroatoms. The average Bonchev–Trinajstić information content (AvgIpc) is 3.24. The Morgan fingerprint density at radius 1 is 1.23 bits per heavy atom. The van der Waals surface area contributed by atoms with E-state index in [-0.39, 0.29) is 35.2 Å². The lowest BCUT2D eigenvalue weighted by molar-refractivity contribution is 0.459. The standard InChI is InChI=1S/C19H18ClN7O3/c1-10(20)8-9-27-14-15(25(2)19(30)26(3)17(14)29)22-18(27)24-23-13-11-6-4-5-7-12(11)21-16(13)28/h4-8,21,28H,9H2,1-3H3/b10-8-,24-23?. The van der Waals surface area contributed by atoms with Crippen molar-refractivity contribution in [3.05, 3.63) is 56.2 Å². The quantitative estimate of drug-likeness (QED) is 0.485. The molecular formula is C19H18ClN7O3. The number of allylic oxidation sites excluding steroid dienone is 2. The fourth-order valence-electron chi connectivity index (χ4n) is 3.21.